The van der Waals surface area contributed by atoms with E-state index in [-0.39, 0.29) is 0 Å². The van der Waals surface area contributed by atoms with Crippen LogP contribution in [-0.2, 0) is 6.42 Å². The quantitative estimate of drug-likeness (QED) is 0.781. The minimum atomic E-state index is 0.483. The predicted octanol–water partition coefficient (Wildman–Crippen LogP) is 4.37. The fourth-order valence-electron chi connectivity index (χ4n) is 3.42. The molecule has 5 heteroatoms. The van der Waals surface area contributed by atoms with Crippen LogP contribution in [0.25, 0.3) is 11.0 Å². The summed E-state index contributed by atoms with van der Waals surface area (Å²) in [5.41, 5.74) is 1.97. The van der Waals surface area contributed by atoms with Crippen molar-refractivity contribution in [2.24, 2.45) is 0 Å². The molecule has 1 aliphatic rings. The number of fused-ring (bicyclic) bond motifs is 1. The molecule has 21 heavy (non-hydrogen) atoms. The monoisotopic (exact) mass is 325 g/mol. The lowest BCUT2D eigenvalue weighted by Gasteiger charge is -2.42. The maximum Gasteiger partial charge on any atom is 0.130 e. The Kier molecular flexibility index (Phi) is 4.32. The first-order chi connectivity index (χ1) is 10.1. The Morgan fingerprint density at radius 3 is 2.62 bits per heavy atom. The molecule has 1 saturated heterocycles. The molecule has 2 atom stereocenters. The van der Waals surface area contributed by atoms with Crippen molar-refractivity contribution in [3.63, 3.8) is 0 Å². The summed E-state index contributed by atoms with van der Waals surface area (Å²) in [6.45, 7) is 4.56. The lowest BCUT2D eigenvalue weighted by Crippen LogP contribution is -2.51. The van der Waals surface area contributed by atoms with Crippen molar-refractivity contribution < 1.29 is 0 Å². The maximum absolute atomic E-state index is 6.47. The molecule has 0 saturated carbocycles. The molecule has 0 aliphatic carbocycles. The molecule has 3 rings (SSSR count). The molecule has 114 valence electrons. The highest BCUT2D eigenvalue weighted by molar-refractivity contribution is 6.35. The summed E-state index contributed by atoms with van der Waals surface area (Å²) >= 11 is 12.5. The number of aryl methyl sites for hydroxylation is 1. The maximum atomic E-state index is 6.47. The van der Waals surface area contributed by atoms with E-state index in [4.69, 9.17) is 28.2 Å². The second kappa shape index (κ2) is 6.05. The number of piperidine rings is 1. The summed E-state index contributed by atoms with van der Waals surface area (Å²) in [5, 5.41) is 3.19. The van der Waals surface area contributed by atoms with Gasteiger partial charge in [0, 0.05) is 24.4 Å². The molecule has 2 unspecified atom stereocenters. The molecule has 1 fully saturated rings. The van der Waals surface area contributed by atoms with Gasteiger partial charge in [0.05, 0.1) is 10.5 Å². The number of hydrogen-bond donors (Lipinski definition) is 0. The third kappa shape index (κ3) is 2.62. The normalized spacial score (nSPS) is 23.0. The Balaban J connectivity index is 2.20. The van der Waals surface area contributed by atoms with Gasteiger partial charge in [0.2, 0.25) is 0 Å². The molecule has 1 aromatic carbocycles. The molecule has 2 aromatic rings. The Morgan fingerprint density at radius 2 is 1.95 bits per heavy atom. The largest absolute Gasteiger partial charge is 0.305 e. The third-order valence-corrected chi connectivity index (χ3v) is 4.86. The van der Waals surface area contributed by atoms with Crippen LogP contribution in [0.1, 0.15) is 38.9 Å². The molecular weight excluding hydrogens is 305 g/mol. The van der Waals surface area contributed by atoms with E-state index in [2.05, 4.69) is 23.5 Å². The topological polar surface area (TPSA) is 21.1 Å². The number of nitrogens with zero attached hydrogens (tertiary/aromatic N) is 3. The summed E-state index contributed by atoms with van der Waals surface area (Å²) in [7, 11) is 0. The molecule has 1 aliphatic heterocycles. The lowest BCUT2D eigenvalue weighted by molar-refractivity contribution is 0.336. The van der Waals surface area contributed by atoms with E-state index in [9.17, 15) is 0 Å². The number of aromatic nitrogens is 2. The highest BCUT2D eigenvalue weighted by Gasteiger charge is 2.28. The highest BCUT2D eigenvalue weighted by Crippen LogP contribution is 2.30. The average molecular weight is 326 g/mol. The SMILES string of the molecule is CC1CCCC(C)N1n1c(CCCl)nc2cccc(Cl)c21. The van der Waals surface area contributed by atoms with Crippen LogP contribution >= 0.6 is 23.2 Å². The zero-order chi connectivity index (χ0) is 15.0. The molecule has 1 aromatic heterocycles. The number of para-hydroxylation sites is 1. The second-order valence-electron chi connectivity index (χ2n) is 5.90. The van der Waals surface area contributed by atoms with E-state index in [1.54, 1.807) is 0 Å². The van der Waals surface area contributed by atoms with Gasteiger partial charge in [0.1, 0.15) is 11.3 Å². The van der Waals surface area contributed by atoms with Gasteiger partial charge in [-0.25, -0.2) is 9.66 Å². The molecule has 0 spiro atoms. The summed E-state index contributed by atoms with van der Waals surface area (Å²) in [6, 6.07) is 6.88. The van der Waals surface area contributed by atoms with E-state index >= 15 is 0 Å². The lowest BCUT2D eigenvalue weighted by atomic mass is 10.00. The first kappa shape index (κ1) is 15.0. The Labute approximate surface area is 135 Å². The standard InChI is InChI=1S/C16H21Cl2N3/c1-11-5-3-6-12(2)20(11)21-15(9-10-17)19-14-8-4-7-13(18)16(14)21/h4,7-8,11-12H,3,5-6,9-10H2,1-2H3. The van der Waals surface area contributed by atoms with Crippen molar-refractivity contribution in [3.05, 3.63) is 29.0 Å². The van der Waals surface area contributed by atoms with Crippen LogP contribution in [0.2, 0.25) is 5.02 Å². The summed E-state index contributed by atoms with van der Waals surface area (Å²) in [6.07, 6.45) is 4.44. The van der Waals surface area contributed by atoms with Crippen LogP contribution in [0, 0.1) is 0 Å². The molecule has 0 amide bonds. The fraction of sp³-hybridized carbons (Fsp3) is 0.562. The summed E-state index contributed by atoms with van der Waals surface area (Å²) in [4.78, 5) is 4.76. The third-order valence-electron chi connectivity index (χ3n) is 4.37. The van der Waals surface area contributed by atoms with Gasteiger partial charge in [0.15, 0.2) is 0 Å². The van der Waals surface area contributed by atoms with E-state index < -0.39 is 0 Å². The zero-order valence-corrected chi connectivity index (χ0v) is 14.0. The van der Waals surface area contributed by atoms with Gasteiger partial charge in [-0.2, -0.15) is 0 Å². The van der Waals surface area contributed by atoms with Gasteiger partial charge in [-0.15, -0.1) is 11.6 Å². The second-order valence-corrected chi connectivity index (χ2v) is 6.68. The van der Waals surface area contributed by atoms with Crippen LogP contribution in [0.5, 0.6) is 0 Å². The van der Waals surface area contributed by atoms with Crippen molar-refractivity contribution in [1.82, 2.24) is 9.66 Å². The number of benzene rings is 1. The van der Waals surface area contributed by atoms with Crippen LogP contribution in [0.15, 0.2) is 18.2 Å². The van der Waals surface area contributed by atoms with Crippen molar-refractivity contribution in [2.45, 2.75) is 51.6 Å². The van der Waals surface area contributed by atoms with E-state index in [0.717, 1.165) is 28.3 Å². The number of hydrogen-bond acceptors (Lipinski definition) is 2. The van der Waals surface area contributed by atoms with Crippen molar-refractivity contribution in [1.29, 1.82) is 0 Å². The van der Waals surface area contributed by atoms with E-state index in [1.165, 1.54) is 19.3 Å². The van der Waals surface area contributed by atoms with Gasteiger partial charge in [-0.3, -0.25) is 0 Å². The number of imidazole rings is 1. The van der Waals surface area contributed by atoms with Gasteiger partial charge in [-0.1, -0.05) is 17.7 Å². The van der Waals surface area contributed by atoms with Crippen LogP contribution in [0.4, 0.5) is 0 Å². The predicted molar refractivity (Wildman–Crippen MR) is 90.2 cm³/mol. The van der Waals surface area contributed by atoms with Gasteiger partial charge < -0.3 is 5.01 Å². The van der Waals surface area contributed by atoms with Gasteiger partial charge >= 0.3 is 0 Å². The van der Waals surface area contributed by atoms with Gasteiger partial charge in [0.25, 0.3) is 0 Å². The minimum Gasteiger partial charge on any atom is -0.305 e. The van der Waals surface area contributed by atoms with Crippen molar-refractivity contribution in [2.75, 3.05) is 10.9 Å². The van der Waals surface area contributed by atoms with Crippen LogP contribution in [0.3, 0.4) is 0 Å². The van der Waals surface area contributed by atoms with Crippen LogP contribution < -0.4 is 5.01 Å². The molecular formula is C16H21Cl2N3. The fourth-order valence-corrected chi connectivity index (χ4v) is 3.83. The number of halogens is 2. The first-order valence-corrected chi connectivity index (χ1v) is 8.55. The highest BCUT2D eigenvalue weighted by atomic mass is 35.5. The zero-order valence-electron chi connectivity index (χ0n) is 12.5. The summed E-state index contributed by atoms with van der Waals surface area (Å²) in [5.74, 6) is 1.58. The molecule has 0 bridgehead atoms. The van der Waals surface area contributed by atoms with E-state index in [1.807, 2.05) is 18.2 Å². The number of rotatable bonds is 3. The molecule has 0 N–H and O–H groups in total. The van der Waals surface area contributed by atoms with Crippen molar-refractivity contribution in [3.8, 4) is 0 Å². The van der Waals surface area contributed by atoms with Gasteiger partial charge in [-0.05, 0) is 45.2 Å². The molecule has 3 nitrogen and oxygen atoms in total. The number of alkyl halides is 1. The van der Waals surface area contributed by atoms with Crippen molar-refractivity contribution >= 4 is 34.2 Å². The first-order valence-electron chi connectivity index (χ1n) is 7.64. The molecule has 2 heterocycles. The average Bonchev–Trinajstić information content (AvgIpc) is 2.79. The van der Waals surface area contributed by atoms with E-state index in [0.29, 0.717) is 18.0 Å². The smallest absolute Gasteiger partial charge is 0.130 e. The summed E-state index contributed by atoms with van der Waals surface area (Å²) < 4.78 is 2.23. The Bertz CT molecular complexity index is 628. The minimum absolute atomic E-state index is 0.483. The Hall–Kier alpha value is -0.930. The molecule has 0 radical (unpaired) electrons. The van der Waals surface area contributed by atoms with Crippen LogP contribution in [-0.4, -0.2) is 27.6 Å². The Morgan fingerprint density at radius 1 is 1.24 bits per heavy atom.